The van der Waals surface area contributed by atoms with Crippen LogP contribution < -0.4 is 20.4 Å². The van der Waals surface area contributed by atoms with Crippen LogP contribution in [0.5, 0.6) is 11.5 Å². The van der Waals surface area contributed by atoms with Gasteiger partial charge in [0.1, 0.15) is 59.4 Å². The van der Waals surface area contributed by atoms with Crippen molar-refractivity contribution in [2.75, 3.05) is 31.2 Å². The second-order valence-electron chi connectivity index (χ2n) is 17.8. The zero-order valence-corrected chi connectivity index (χ0v) is 34.9. The summed E-state index contributed by atoms with van der Waals surface area (Å²) in [4.78, 5) is 46.0. The molecule has 2 fully saturated rings. The molecule has 2 aromatic carbocycles. The number of amides is 1. The summed E-state index contributed by atoms with van der Waals surface area (Å²) >= 11 is 0. The number of phenols is 1. The van der Waals surface area contributed by atoms with Crippen molar-refractivity contribution in [1.29, 1.82) is 0 Å². The Labute approximate surface area is 353 Å². The monoisotopic (exact) mass is 843 g/mol. The highest BCUT2D eigenvalue weighted by Gasteiger charge is 2.53. The highest BCUT2D eigenvalue weighted by atomic mass is 17.2. The minimum atomic E-state index is -2.27. The van der Waals surface area contributed by atoms with Gasteiger partial charge in [-0.15, -0.1) is 0 Å². The fourth-order valence-corrected chi connectivity index (χ4v) is 10.2. The molecule has 328 valence electrons. The molecule has 4 aliphatic heterocycles. The summed E-state index contributed by atoms with van der Waals surface area (Å²) in [7, 11) is 0. The first-order valence-corrected chi connectivity index (χ1v) is 21.5. The van der Waals surface area contributed by atoms with Crippen LogP contribution >= 0.6 is 0 Å². The van der Waals surface area contributed by atoms with E-state index in [0.29, 0.717) is 71.6 Å². The molecule has 15 heteroatoms. The fraction of sp³-hybridized carbons (Fsp3) is 0.543. The van der Waals surface area contributed by atoms with Gasteiger partial charge in [-0.25, -0.2) is 9.78 Å². The van der Waals surface area contributed by atoms with E-state index < -0.39 is 54.2 Å². The number of aliphatic hydroxyl groups excluding tert-OH is 4. The van der Waals surface area contributed by atoms with Gasteiger partial charge in [-0.05, 0) is 81.7 Å². The Balaban J connectivity index is 1.17. The van der Waals surface area contributed by atoms with Crippen LogP contribution in [0.1, 0.15) is 82.1 Å². The number of aromatic hydroxyl groups is 1. The molecule has 1 saturated heterocycles. The number of anilines is 1. The molecule has 8 rings (SSSR count). The predicted molar refractivity (Wildman–Crippen MR) is 225 cm³/mol. The predicted octanol–water partition coefficient (Wildman–Crippen LogP) is 3.80. The second kappa shape index (κ2) is 16.9. The Morgan fingerprint density at radius 2 is 1.85 bits per heavy atom. The molecule has 0 unspecified atom stereocenters. The third-order valence-corrected chi connectivity index (χ3v) is 13.8. The zero-order valence-electron chi connectivity index (χ0n) is 34.9. The largest absolute Gasteiger partial charge is 0.508 e. The van der Waals surface area contributed by atoms with Gasteiger partial charge in [-0.1, -0.05) is 38.3 Å². The van der Waals surface area contributed by atoms with Gasteiger partial charge < -0.3 is 50.0 Å². The van der Waals surface area contributed by atoms with E-state index in [-0.39, 0.29) is 35.8 Å². The Morgan fingerprint density at radius 1 is 1.10 bits per heavy atom. The summed E-state index contributed by atoms with van der Waals surface area (Å²) in [5.74, 6) is 1.10. The molecule has 7 atom stereocenters. The number of hydrogen-bond acceptors (Lipinski definition) is 14. The fourth-order valence-electron chi connectivity index (χ4n) is 10.2. The van der Waals surface area contributed by atoms with Gasteiger partial charge in [-0.3, -0.25) is 14.6 Å². The van der Waals surface area contributed by atoms with Crippen LogP contribution in [0.2, 0.25) is 0 Å². The van der Waals surface area contributed by atoms with E-state index in [2.05, 4.69) is 22.1 Å². The lowest BCUT2D eigenvalue weighted by molar-refractivity contribution is -0.371. The van der Waals surface area contributed by atoms with Crippen molar-refractivity contribution in [3.63, 3.8) is 0 Å². The lowest BCUT2D eigenvalue weighted by Crippen LogP contribution is -2.58. The van der Waals surface area contributed by atoms with E-state index >= 15 is 0 Å². The van der Waals surface area contributed by atoms with E-state index in [4.69, 9.17) is 18.9 Å². The van der Waals surface area contributed by atoms with Crippen LogP contribution in [0.4, 0.5) is 5.69 Å². The lowest BCUT2D eigenvalue weighted by atomic mass is 9.65. The highest BCUT2D eigenvalue weighted by Crippen LogP contribution is 2.52. The third kappa shape index (κ3) is 7.90. The summed E-state index contributed by atoms with van der Waals surface area (Å²) in [6.07, 6.45) is 3.48. The quantitative estimate of drug-likeness (QED) is 0.0856. The number of aliphatic imine (C=N–C) groups is 1. The summed E-state index contributed by atoms with van der Waals surface area (Å²) in [6, 6.07) is 9.09. The van der Waals surface area contributed by atoms with E-state index in [1.807, 2.05) is 13.0 Å². The molecule has 1 amide bonds. The Hall–Kier alpha value is -4.61. The maximum Gasteiger partial charge on any atom is 0.226 e. The van der Waals surface area contributed by atoms with Crippen molar-refractivity contribution in [3.8, 4) is 11.5 Å². The van der Waals surface area contributed by atoms with Crippen molar-refractivity contribution in [3.05, 3.63) is 87.1 Å². The van der Waals surface area contributed by atoms with E-state index in [1.54, 1.807) is 19.2 Å². The summed E-state index contributed by atoms with van der Waals surface area (Å²) in [5, 5.41) is 67.2. The van der Waals surface area contributed by atoms with Gasteiger partial charge in [0.2, 0.25) is 5.91 Å². The number of rotatable bonds is 15. The second-order valence-corrected chi connectivity index (χ2v) is 17.8. The smallest absolute Gasteiger partial charge is 0.226 e. The topological polar surface area (TPSA) is 224 Å². The molecule has 1 spiro atoms. The van der Waals surface area contributed by atoms with Gasteiger partial charge in [0.15, 0.2) is 16.8 Å². The average molecular weight is 844 g/mol. The van der Waals surface area contributed by atoms with Crippen LogP contribution in [0.15, 0.2) is 74.1 Å². The van der Waals surface area contributed by atoms with Crippen molar-refractivity contribution >= 4 is 28.3 Å². The van der Waals surface area contributed by atoms with Gasteiger partial charge in [-0.2, -0.15) is 0 Å². The zero-order chi connectivity index (χ0) is 43.3. The van der Waals surface area contributed by atoms with Gasteiger partial charge in [0.25, 0.3) is 0 Å². The third-order valence-electron chi connectivity index (χ3n) is 13.8. The normalized spacial score (nSPS) is 25.5. The minimum absolute atomic E-state index is 0.0169. The number of hydrogen-bond donors (Lipinski definition) is 7. The highest BCUT2D eigenvalue weighted by molar-refractivity contribution is 6.13. The van der Waals surface area contributed by atoms with Gasteiger partial charge in [0, 0.05) is 48.5 Å². The maximum absolute atomic E-state index is 13.7. The SMILES string of the molecule is CCC1=C2C=CN=C2CN1c1c2c(cc3c(=O)cc(C)oc13)C[C@@H](OOC[C@@](O)(Cc1ccc(O)cc1)[C@@H](O)[C@H](O)[C@H](O)CO)[C@@](C)(CC[C@H]1CNC(=O)C13CCCCC3)O2. The van der Waals surface area contributed by atoms with Crippen LogP contribution in [0.25, 0.3) is 11.0 Å². The van der Waals surface area contributed by atoms with Crippen LogP contribution in [0.3, 0.4) is 0 Å². The van der Waals surface area contributed by atoms with E-state index in [1.165, 1.54) is 30.3 Å². The first-order chi connectivity index (χ1) is 29.2. The molecule has 0 radical (unpaired) electrons. The molecule has 0 bridgehead atoms. The molecule has 1 saturated carbocycles. The van der Waals surface area contributed by atoms with Crippen molar-refractivity contribution in [2.24, 2.45) is 16.3 Å². The molecule has 15 nitrogen and oxygen atoms in total. The number of phenolic OH excluding ortho intramolecular Hbond substituents is 1. The maximum atomic E-state index is 13.7. The number of benzene rings is 2. The van der Waals surface area contributed by atoms with Crippen molar-refractivity contribution in [1.82, 2.24) is 5.32 Å². The van der Waals surface area contributed by atoms with E-state index in [0.717, 1.165) is 49.1 Å². The number of ether oxygens (including phenoxy) is 1. The molecule has 1 aromatic heterocycles. The average Bonchev–Trinajstić information content (AvgIpc) is 3.93. The molecule has 7 N–H and O–H groups in total. The lowest BCUT2D eigenvalue weighted by Gasteiger charge is -2.44. The minimum Gasteiger partial charge on any atom is -0.508 e. The van der Waals surface area contributed by atoms with Crippen LogP contribution in [0, 0.1) is 18.3 Å². The Morgan fingerprint density at radius 3 is 2.57 bits per heavy atom. The van der Waals surface area contributed by atoms with Gasteiger partial charge in [0.05, 0.1) is 29.7 Å². The standard InChI is InChI=1S/C46H57N3O12/c1-4-34-31-13-17-47-33(31)23-49(34)38-40-28(19-32-35(52)18-26(2)59-41(32)38)20-37(44(3,60-40)16-12-29-22-48-43(56)45(29)14-6-5-7-15-45)61-58-25-46(57,42(55)39(54)36(53)24-50)21-27-8-10-30(51)11-9-27/h8-11,13,17-19,29,36-37,39,42,50-51,53-55,57H,4-7,12,14-16,20-25H2,1-3H3,(H,48,56)/t29-,36+,37+,39+,42-,44+,46-/m0/s1. The molecular formula is C46H57N3O12. The molecule has 3 aromatic rings. The molecular weight excluding hydrogens is 787 g/mol. The number of nitrogens with one attached hydrogen (secondary N) is 1. The first-order valence-electron chi connectivity index (χ1n) is 21.5. The van der Waals surface area contributed by atoms with Crippen molar-refractivity contribution in [2.45, 2.75) is 121 Å². The van der Waals surface area contributed by atoms with Crippen LogP contribution in [-0.2, 0) is 27.4 Å². The Bertz CT molecular complexity index is 2300. The molecule has 5 heterocycles. The number of nitrogens with zero attached hydrogens (tertiary/aromatic N) is 2. The number of carbonyl (C=O) groups is 1. The van der Waals surface area contributed by atoms with Crippen LogP contribution in [-0.4, -0.2) is 104 Å². The summed E-state index contributed by atoms with van der Waals surface area (Å²) in [6.45, 7) is 5.14. The molecule has 5 aliphatic rings. The number of aryl methyl sites for hydroxylation is 1. The number of carbonyl (C=O) groups excluding carboxylic acids is 1. The van der Waals surface area contributed by atoms with E-state index in [9.17, 15) is 40.2 Å². The Kier molecular flexibility index (Phi) is 11.9. The number of allylic oxidation sites excluding steroid dienone is 2. The van der Waals surface area contributed by atoms with Gasteiger partial charge >= 0.3 is 0 Å². The summed E-state index contributed by atoms with van der Waals surface area (Å²) in [5.41, 5.74) is 0.970. The number of fused-ring (bicyclic) bond motifs is 3. The molecule has 1 aliphatic carbocycles. The molecule has 61 heavy (non-hydrogen) atoms. The summed E-state index contributed by atoms with van der Waals surface area (Å²) < 4.78 is 13.6. The number of aliphatic hydroxyl groups is 5. The first kappa shape index (κ1) is 43.1. The van der Waals surface area contributed by atoms with Crippen molar-refractivity contribution < 1.29 is 54.4 Å².